The highest BCUT2D eigenvalue weighted by molar-refractivity contribution is 6.02. The van der Waals surface area contributed by atoms with E-state index in [4.69, 9.17) is 0 Å². The van der Waals surface area contributed by atoms with E-state index in [1.165, 1.54) is 23.1 Å². The van der Waals surface area contributed by atoms with Crippen LogP contribution in [0, 0.1) is 17.8 Å². The molecule has 0 unspecified atom stereocenters. The summed E-state index contributed by atoms with van der Waals surface area (Å²) in [5.41, 5.74) is -0.739. The van der Waals surface area contributed by atoms with Crippen molar-refractivity contribution in [3.05, 3.63) is 35.5 Å². The van der Waals surface area contributed by atoms with Gasteiger partial charge in [0.05, 0.1) is 11.6 Å². The summed E-state index contributed by atoms with van der Waals surface area (Å²) in [7, 11) is 0. The topological polar surface area (TPSA) is 120 Å². The van der Waals surface area contributed by atoms with E-state index in [-0.39, 0.29) is 53.1 Å². The standard InChI is InChI=1S/C27H30F3N3O5/c28-27(29,30)18-7-3-8-19-17(18)11-21(31-19)26(38)33-12-15-5-1-6-16(15)24(33)25(37)32-20(23(36)13-34)10-14-4-2-9-22(14)35/h3,7-8,11,14-16,20,24,31,34H,1-2,4-6,9-10,12-13H2,(H,32,37)/t14-,15-,16-,20-,24-/m0/s1. The summed E-state index contributed by atoms with van der Waals surface area (Å²) < 4.78 is 40.5. The molecule has 2 aliphatic carbocycles. The van der Waals surface area contributed by atoms with Gasteiger partial charge in [-0.25, -0.2) is 0 Å². The van der Waals surface area contributed by atoms with E-state index in [2.05, 4.69) is 10.3 Å². The van der Waals surface area contributed by atoms with Gasteiger partial charge in [-0.1, -0.05) is 12.5 Å². The van der Waals surface area contributed by atoms with Crippen molar-refractivity contribution in [3.8, 4) is 0 Å². The number of benzene rings is 1. The van der Waals surface area contributed by atoms with Crippen LogP contribution in [0.25, 0.3) is 10.9 Å². The lowest BCUT2D eigenvalue weighted by atomic mass is 9.91. The van der Waals surface area contributed by atoms with Gasteiger partial charge in [-0.3, -0.25) is 19.2 Å². The van der Waals surface area contributed by atoms with Gasteiger partial charge in [0.2, 0.25) is 5.91 Å². The number of aliphatic hydroxyl groups excluding tert-OH is 1. The lowest BCUT2D eigenvalue weighted by Gasteiger charge is -2.29. The molecule has 3 fully saturated rings. The first-order chi connectivity index (χ1) is 18.1. The molecule has 2 amide bonds. The summed E-state index contributed by atoms with van der Waals surface area (Å²) in [6, 6.07) is 2.89. The molecular formula is C27H30F3N3O5. The number of aliphatic hydroxyl groups is 1. The van der Waals surface area contributed by atoms with E-state index in [0.717, 1.165) is 18.9 Å². The van der Waals surface area contributed by atoms with Crippen molar-refractivity contribution >= 4 is 34.3 Å². The minimum Gasteiger partial charge on any atom is -0.389 e. The van der Waals surface area contributed by atoms with E-state index >= 15 is 0 Å². The quantitative estimate of drug-likeness (QED) is 0.505. The molecule has 5 atom stereocenters. The Morgan fingerprint density at radius 2 is 1.95 bits per heavy atom. The fourth-order valence-corrected chi connectivity index (χ4v) is 6.58. The molecule has 5 rings (SSSR count). The van der Waals surface area contributed by atoms with Crippen LogP contribution in [0.1, 0.15) is 61.0 Å². The molecule has 1 aliphatic heterocycles. The number of nitrogens with one attached hydrogen (secondary N) is 2. The third-order valence-electron chi connectivity index (χ3n) is 8.43. The number of rotatable bonds is 7. The van der Waals surface area contributed by atoms with E-state index < -0.39 is 48.0 Å². The first-order valence-corrected chi connectivity index (χ1v) is 13.0. The fourth-order valence-electron chi connectivity index (χ4n) is 6.58. The van der Waals surface area contributed by atoms with Crippen molar-refractivity contribution in [3.63, 3.8) is 0 Å². The number of carbonyl (C=O) groups is 4. The summed E-state index contributed by atoms with van der Waals surface area (Å²) in [4.78, 5) is 56.0. The van der Waals surface area contributed by atoms with Gasteiger partial charge in [0.15, 0.2) is 5.78 Å². The second-order valence-corrected chi connectivity index (χ2v) is 10.7. The van der Waals surface area contributed by atoms with Crippen LogP contribution in [-0.4, -0.2) is 63.6 Å². The minimum absolute atomic E-state index is 0.0283. The number of nitrogens with zero attached hydrogens (tertiary/aromatic N) is 1. The summed E-state index contributed by atoms with van der Waals surface area (Å²) in [5.74, 6) is -2.16. The summed E-state index contributed by atoms with van der Waals surface area (Å²) in [6.07, 6.45) is -0.331. The molecule has 2 aromatic rings. The molecule has 38 heavy (non-hydrogen) atoms. The number of aromatic amines is 1. The number of Topliss-reactive ketones (excluding diaryl/α,β-unsaturated/α-hetero) is 2. The zero-order chi connectivity index (χ0) is 27.2. The maximum atomic E-state index is 13.6. The Morgan fingerprint density at radius 1 is 1.16 bits per heavy atom. The number of likely N-dealkylation sites (tertiary alicyclic amines) is 1. The second-order valence-electron chi connectivity index (χ2n) is 10.7. The van der Waals surface area contributed by atoms with Crippen LogP contribution in [0.2, 0.25) is 0 Å². The molecule has 2 heterocycles. The lowest BCUT2D eigenvalue weighted by Crippen LogP contribution is -2.53. The summed E-state index contributed by atoms with van der Waals surface area (Å²) in [6.45, 7) is -0.509. The van der Waals surface area contributed by atoms with E-state index in [1.807, 2.05) is 0 Å². The number of alkyl halides is 3. The van der Waals surface area contributed by atoms with Crippen LogP contribution in [0.3, 0.4) is 0 Å². The molecule has 11 heteroatoms. The van der Waals surface area contributed by atoms with Crippen molar-refractivity contribution in [1.29, 1.82) is 0 Å². The summed E-state index contributed by atoms with van der Waals surface area (Å²) in [5, 5.41) is 12.1. The number of H-pyrrole nitrogens is 1. The van der Waals surface area contributed by atoms with Gasteiger partial charge in [-0.05, 0) is 62.1 Å². The van der Waals surface area contributed by atoms with E-state index in [1.54, 1.807) is 0 Å². The average Bonchev–Trinajstić information content (AvgIpc) is 3.65. The third kappa shape index (κ3) is 4.83. The number of hydrogen-bond donors (Lipinski definition) is 3. The number of aromatic nitrogens is 1. The van der Waals surface area contributed by atoms with Gasteiger partial charge < -0.3 is 20.3 Å². The molecule has 8 nitrogen and oxygen atoms in total. The molecule has 1 aromatic carbocycles. The molecular weight excluding hydrogens is 503 g/mol. The number of hydrogen-bond acceptors (Lipinski definition) is 5. The lowest BCUT2D eigenvalue weighted by molar-refractivity contribution is -0.136. The van der Waals surface area contributed by atoms with Crippen LogP contribution in [0.4, 0.5) is 13.2 Å². The molecule has 1 saturated heterocycles. The SMILES string of the molecule is O=C1CCC[C@H]1C[C@H](NC(=O)[C@@H]1[C@H]2CCC[C@H]2CN1C(=O)c1cc2c(C(F)(F)F)cccc2[nH]1)C(=O)CO. The van der Waals surface area contributed by atoms with Crippen molar-refractivity contribution in [2.24, 2.45) is 17.8 Å². The predicted molar refractivity (Wildman–Crippen MR) is 130 cm³/mol. The van der Waals surface area contributed by atoms with Crippen molar-refractivity contribution in [2.45, 2.75) is 63.2 Å². The molecule has 204 valence electrons. The Kier molecular flexibility index (Phi) is 7.06. The first kappa shape index (κ1) is 26.4. The van der Waals surface area contributed by atoms with Crippen LogP contribution in [-0.2, 0) is 20.6 Å². The van der Waals surface area contributed by atoms with Gasteiger partial charge in [-0.2, -0.15) is 13.2 Å². The number of fused-ring (bicyclic) bond motifs is 2. The van der Waals surface area contributed by atoms with Gasteiger partial charge >= 0.3 is 6.18 Å². The first-order valence-electron chi connectivity index (χ1n) is 13.0. The number of ketones is 2. The molecule has 3 aliphatic rings. The monoisotopic (exact) mass is 533 g/mol. The van der Waals surface area contributed by atoms with Gasteiger partial charge in [-0.15, -0.1) is 0 Å². The zero-order valence-corrected chi connectivity index (χ0v) is 20.7. The Balaban J connectivity index is 1.41. The van der Waals surface area contributed by atoms with Crippen LogP contribution < -0.4 is 5.32 Å². The van der Waals surface area contributed by atoms with Crippen LogP contribution >= 0.6 is 0 Å². The zero-order valence-electron chi connectivity index (χ0n) is 20.7. The number of halogens is 3. The van der Waals surface area contributed by atoms with Crippen molar-refractivity contribution in [1.82, 2.24) is 15.2 Å². The molecule has 2 saturated carbocycles. The van der Waals surface area contributed by atoms with Crippen LogP contribution in [0.15, 0.2) is 24.3 Å². The van der Waals surface area contributed by atoms with Gasteiger partial charge in [0.25, 0.3) is 5.91 Å². The highest BCUT2D eigenvalue weighted by Crippen LogP contribution is 2.43. The summed E-state index contributed by atoms with van der Waals surface area (Å²) >= 11 is 0. The van der Waals surface area contributed by atoms with Crippen molar-refractivity contribution < 1.29 is 37.5 Å². The molecule has 0 radical (unpaired) electrons. The predicted octanol–water partition coefficient (Wildman–Crippen LogP) is 3.23. The molecule has 0 bridgehead atoms. The highest BCUT2D eigenvalue weighted by Gasteiger charge is 2.50. The minimum atomic E-state index is -4.59. The third-order valence-corrected chi connectivity index (χ3v) is 8.43. The maximum Gasteiger partial charge on any atom is 0.417 e. The Hall–Kier alpha value is -3.21. The average molecular weight is 534 g/mol. The Bertz CT molecular complexity index is 1270. The highest BCUT2D eigenvalue weighted by atomic mass is 19.4. The van der Waals surface area contributed by atoms with Gasteiger partial charge in [0.1, 0.15) is 24.1 Å². The van der Waals surface area contributed by atoms with E-state index in [9.17, 15) is 37.5 Å². The molecule has 0 spiro atoms. The largest absolute Gasteiger partial charge is 0.417 e. The van der Waals surface area contributed by atoms with E-state index in [0.29, 0.717) is 25.7 Å². The fraction of sp³-hybridized carbons (Fsp3) is 0.556. The number of amides is 2. The van der Waals surface area contributed by atoms with Crippen molar-refractivity contribution in [2.75, 3.05) is 13.2 Å². The normalized spacial score (nSPS) is 26.1. The second kappa shape index (κ2) is 10.2. The smallest absolute Gasteiger partial charge is 0.389 e. The van der Waals surface area contributed by atoms with Gasteiger partial charge in [0, 0.05) is 29.8 Å². The number of carbonyl (C=O) groups excluding carboxylic acids is 4. The maximum absolute atomic E-state index is 13.6. The molecule has 1 aromatic heterocycles. The Morgan fingerprint density at radius 3 is 2.63 bits per heavy atom. The Labute approximate surface area is 216 Å². The molecule has 3 N–H and O–H groups in total. The van der Waals surface area contributed by atoms with Crippen LogP contribution in [0.5, 0.6) is 0 Å².